The van der Waals surface area contributed by atoms with Gasteiger partial charge in [0.1, 0.15) is 0 Å². The van der Waals surface area contributed by atoms with Gasteiger partial charge in [-0.3, -0.25) is 14.9 Å². The number of nitro groups is 1. The third kappa shape index (κ3) is 3.89. The average Bonchev–Trinajstić information content (AvgIpc) is 3.20. The van der Waals surface area contributed by atoms with Crippen LogP contribution in [0.5, 0.6) is 0 Å². The molecule has 0 heterocycles. The Bertz CT molecular complexity index is 684. The molecular formula is C11H14N4O5S. The SMILES string of the molecule is Nc1ccc(S(=O)(=O)NCC(=O)NC2CC2)c([N+](=O)[O-])c1. The molecule has 1 saturated carbocycles. The number of nitrogens with zero attached hydrogens (tertiary/aromatic N) is 1. The predicted molar refractivity (Wildman–Crippen MR) is 73.9 cm³/mol. The number of nitrogens with one attached hydrogen (secondary N) is 2. The number of nitro benzene ring substituents is 1. The van der Waals surface area contributed by atoms with Gasteiger partial charge in [-0.2, -0.15) is 0 Å². The number of anilines is 1. The van der Waals surface area contributed by atoms with Crippen LogP contribution in [0.1, 0.15) is 12.8 Å². The van der Waals surface area contributed by atoms with Gasteiger partial charge in [0.15, 0.2) is 4.90 Å². The summed E-state index contributed by atoms with van der Waals surface area (Å²) in [5.74, 6) is -0.473. The highest BCUT2D eigenvalue weighted by molar-refractivity contribution is 7.89. The van der Waals surface area contributed by atoms with Crippen molar-refractivity contribution < 1.29 is 18.1 Å². The molecule has 10 heteroatoms. The Morgan fingerprint density at radius 1 is 1.43 bits per heavy atom. The summed E-state index contributed by atoms with van der Waals surface area (Å²) in [6.07, 6.45) is 1.75. The van der Waals surface area contributed by atoms with Crippen molar-refractivity contribution in [2.45, 2.75) is 23.8 Å². The molecule has 1 amide bonds. The molecule has 1 aliphatic rings. The van der Waals surface area contributed by atoms with E-state index >= 15 is 0 Å². The van der Waals surface area contributed by atoms with Gasteiger partial charge in [0.2, 0.25) is 15.9 Å². The van der Waals surface area contributed by atoms with Gasteiger partial charge in [-0.05, 0) is 25.0 Å². The first-order chi connectivity index (χ1) is 9.79. The molecule has 0 atom stereocenters. The fourth-order valence-electron chi connectivity index (χ4n) is 1.65. The minimum absolute atomic E-state index is 0.0760. The highest BCUT2D eigenvalue weighted by Gasteiger charge is 2.27. The quantitative estimate of drug-likeness (QED) is 0.374. The predicted octanol–water partition coefficient (Wildman–Crippen LogP) is -0.266. The van der Waals surface area contributed by atoms with Gasteiger partial charge in [0.25, 0.3) is 5.69 Å². The van der Waals surface area contributed by atoms with Gasteiger partial charge in [-0.1, -0.05) is 0 Å². The topological polar surface area (TPSA) is 144 Å². The number of hydrogen-bond donors (Lipinski definition) is 3. The Morgan fingerprint density at radius 3 is 2.67 bits per heavy atom. The molecule has 0 radical (unpaired) electrons. The zero-order valence-electron chi connectivity index (χ0n) is 10.9. The van der Waals surface area contributed by atoms with Crippen LogP contribution in [0.25, 0.3) is 0 Å². The number of nitrogens with two attached hydrogens (primary N) is 1. The van der Waals surface area contributed by atoms with Crippen molar-refractivity contribution in [1.82, 2.24) is 10.0 Å². The number of amides is 1. The lowest BCUT2D eigenvalue weighted by molar-refractivity contribution is -0.387. The van der Waals surface area contributed by atoms with Gasteiger partial charge in [-0.15, -0.1) is 0 Å². The Labute approximate surface area is 120 Å². The minimum Gasteiger partial charge on any atom is -0.399 e. The number of sulfonamides is 1. The molecule has 9 nitrogen and oxygen atoms in total. The van der Waals surface area contributed by atoms with E-state index in [9.17, 15) is 23.3 Å². The summed E-state index contributed by atoms with van der Waals surface area (Å²) >= 11 is 0. The third-order valence-corrected chi connectivity index (χ3v) is 4.28. The highest BCUT2D eigenvalue weighted by Crippen LogP contribution is 2.25. The maximum absolute atomic E-state index is 12.0. The molecule has 0 aromatic heterocycles. The minimum atomic E-state index is -4.17. The molecule has 0 saturated heterocycles. The van der Waals surface area contributed by atoms with E-state index in [-0.39, 0.29) is 11.7 Å². The van der Waals surface area contributed by atoms with Gasteiger partial charge in [-0.25, -0.2) is 13.1 Å². The molecule has 0 spiro atoms. The standard InChI is InChI=1S/C11H14N4O5S/c12-7-1-4-10(9(5-7)15(17)18)21(19,20)13-6-11(16)14-8-2-3-8/h1,4-5,8,13H,2-3,6,12H2,(H,14,16). The number of rotatable bonds is 6. The van der Waals surface area contributed by atoms with Crippen molar-refractivity contribution in [3.63, 3.8) is 0 Å². The zero-order chi connectivity index (χ0) is 15.6. The van der Waals surface area contributed by atoms with Crippen LogP contribution in [0.2, 0.25) is 0 Å². The molecule has 114 valence electrons. The Kier molecular flexibility index (Phi) is 4.09. The maximum Gasteiger partial charge on any atom is 0.291 e. The second-order valence-corrected chi connectivity index (χ2v) is 6.39. The number of carbonyl (C=O) groups excluding carboxylic acids is 1. The normalized spacial score (nSPS) is 14.7. The summed E-state index contributed by atoms with van der Waals surface area (Å²) in [6.45, 7) is -0.472. The van der Waals surface area contributed by atoms with E-state index in [4.69, 9.17) is 5.73 Å². The molecule has 21 heavy (non-hydrogen) atoms. The van der Waals surface area contributed by atoms with Crippen LogP contribution in [0.4, 0.5) is 11.4 Å². The largest absolute Gasteiger partial charge is 0.399 e. The van der Waals surface area contributed by atoms with Crippen molar-refractivity contribution in [1.29, 1.82) is 0 Å². The van der Waals surface area contributed by atoms with Crippen molar-refractivity contribution in [3.8, 4) is 0 Å². The second kappa shape index (κ2) is 5.66. The molecule has 4 N–H and O–H groups in total. The number of nitrogen functional groups attached to an aromatic ring is 1. The van der Waals surface area contributed by atoms with E-state index in [1.54, 1.807) is 0 Å². The summed E-state index contributed by atoms with van der Waals surface area (Å²) in [5.41, 5.74) is 4.85. The van der Waals surface area contributed by atoms with Crippen molar-refractivity contribution in [2.24, 2.45) is 0 Å². The van der Waals surface area contributed by atoms with Crippen LogP contribution in [-0.2, 0) is 14.8 Å². The van der Waals surface area contributed by atoms with Crippen molar-refractivity contribution in [2.75, 3.05) is 12.3 Å². The summed E-state index contributed by atoms with van der Waals surface area (Å²) < 4.78 is 26.1. The van der Waals surface area contributed by atoms with E-state index < -0.39 is 38.0 Å². The van der Waals surface area contributed by atoms with Gasteiger partial charge in [0.05, 0.1) is 11.5 Å². The van der Waals surface area contributed by atoms with E-state index in [1.165, 1.54) is 6.07 Å². The second-order valence-electron chi connectivity index (χ2n) is 4.65. The lowest BCUT2D eigenvalue weighted by Crippen LogP contribution is -2.37. The first kappa shape index (κ1) is 15.2. The number of benzene rings is 1. The van der Waals surface area contributed by atoms with Crippen LogP contribution in [0.3, 0.4) is 0 Å². The molecular weight excluding hydrogens is 300 g/mol. The van der Waals surface area contributed by atoms with Crippen LogP contribution in [0, 0.1) is 10.1 Å². The van der Waals surface area contributed by atoms with Crippen molar-refractivity contribution in [3.05, 3.63) is 28.3 Å². The highest BCUT2D eigenvalue weighted by atomic mass is 32.2. The smallest absolute Gasteiger partial charge is 0.291 e. The summed E-state index contributed by atoms with van der Waals surface area (Å²) in [4.78, 5) is 21.0. The molecule has 0 bridgehead atoms. The van der Waals surface area contributed by atoms with E-state index in [1.807, 2.05) is 4.72 Å². The Balaban J connectivity index is 2.14. The molecule has 1 fully saturated rings. The number of hydrogen-bond acceptors (Lipinski definition) is 6. The average molecular weight is 314 g/mol. The lowest BCUT2D eigenvalue weighted by atomic mass is 10.3. The van der Waals surface area contributed by atoms with Gasteiger partial charge >= 0.3 is 0 Å². The van der Waals surface area contributed by atoms with Crippen molar-refractivity contribution >= 4 is 27.3 Å². The van der Waals surface area contributed by atoms with Gasteiger partial charge < -0.3 is 11.1 Å². The van der Waals surface area contributed by atoms with Crippen LogP contribution < -0.4 is 15.8 Å². The van der Waals surface area contributed by atoms with Crippen LogP contribution in [0.15, 0.2) is 23.1 Å². The van der Waals surface area contributed by atoms with Crippen LogP contribution >= 0.6 is 0 Å². The monoisotopic (exact) mass is 314 g/mol. The fraction of sp³-hybridized carbons (Fsp3) is 0.364. The molecule has 1 aromatic rings. The molecule has 0 aliphatic heterocycles. The summed E-state index contributed by atoms with van der Waals surface area (Å²) in [7, 11) is -4.17. The van der Waals surface area contributed by atoms with Gasteiger partial charge in [0, 0.05) is 17.8 Å². The first-order valence-corrected chi connectivity index (χ1v) is 7.61. The summed E-state index contributed by atoms with van der Waals surface area (Å²) in [5, 5.41) is 13.5. The lowest BCUT2D eigenvalue weighted by Gasteiger charge is -2.08. The molecule has 1 aliphatic carbocycles. The zero-order valence-corrected chi connectivity index (χ0v) is 11.7. The van der Waals surface area contributed by atoms with Crippen LogP contribution in [-0.4, -0.2) is 31.8 Å². The first-order valence-electron chi connectivity index (χ1n) is 6.12. The Morgan fingerprint density at radius 2 is 2.10 bits per heavy atom. The number of carbonyl (C=O) groups is 1. The molecule has 1 aromatic carbocycles. The fourth-order valence-corrected chi connectivity index (χ4v) is 2.78. The molecule has 0 unspecified atom stereocenters. The summed E-state index contributed by atoms with van der Waals surface area (Å²) in [6, 6.07) is 3.34. The Hall–Kier alpha value is -2.20. The maximum atomic E-state index is 12.0. The van der Waals surface area contributed by atoms with E-state index in [0.29, 0.717) is 0 Å². The van der Waals surface area contributed by atoms with E-state index in [0.717, 1.165) is 25.0 Å². The molecule has 2 rings (SSSR count). The third-order valence-electron chi connectivity index (χ3n) is 2.83. The van der Waals surface area contributed by atoms with E-state index in [2.05, 4.69) is 5.32 Å².